The van der Waals surface area contributed by atoms with E-state index in [9.17, 15) is 18.8 Å². The Morgan fingerprint density at radius 2 is 1.84 bits per heavy atom. The third-order valence-electron chi connectivity index (χ3n) is 3.86. The quantitative estimate of drug-likeness (QED) is 0.640. The number of esters is 1. The average molecular weight is 366 g/mol. The maximum absolute atomic E-state index is 13.8. The van der Waals surface area contributed by atoms with Gasteiger partial charge in [-0.2, -0.15) is 0 Å². The van der Waals surface area contributed by atoms with Crippen molar-refractivity contribution in [1.82, 2.24) is 4.98 Å². The van der Waals surface area contributed by atoms with E-state index in [0.717, 1.165) is 6.07 Å². The van der Waals surface area contributed by atoms with Crippen LogP contribution in [0.4, 0.5) is 4.39 Å². The first-order valence-corrected chi connectivity index (χ1v) is 7.92. The number of hydrogen-bond acceptors (Lipinski definition) is 4. The van der Waals surface area contributed by atoms with Crippen LogP contribution in [0.1, 0.15) is 56.3 Å². The van der Waals surface area contributed by atoms with Crippen LogP contribution in [-0.2, 0) is 4.74 Å². The molecule has 0 unspecified atom stereocenters. The fourth-order valence-corrected chi connectivity index (χ4v) is 2.93. The summed E-state index contributed by atoms with van der Waals surface area (Å²) in [5.74, 6) is -2.55. The van der Waals surface area contributed by atoms with Gasteiger partial charge in [-0.25, -0.2) is 9.18 Å². The van der Waals surface area contributed by atoms with Crippen LogP contribution in [0.5, 0.6) is 0 Å². The van der Waals surface area contributed by atoms with Crippen molar-refractivity contribution in [2.75, 3.05) is 0 Å². The molecule has 1 aromatic heterocycles. The van der Waals surface area contributed by atoms with Crippen molar-refractivity contribution >= 4 is 29.1 Å². The van der Waals surface area contributed by atoms with Gasteiger partial charge in [0, 0.05) is 11.3 Å². The zero-order valence-corrected chi connectivity index (χ0v) is 15.0. The molecule has 2 rings (SSSR count). The predicted octanol–water partition coefficient (Wildman–Crippen LogP) is 4.05. The molecule has 1 N–H and O–H groups in total. The van der Waals surface area contributed by atoms with Gasteiger partial charge in [-0.15, -0.1) is 0 Å². The second-order valence-corrected chi connectivity index (χ2v) is 6.10. The Morgan fingerprint density at radius 3 is 2.36 bits per heavy atom. The lowest BCUT2D eigenvalue weighted by molar-refractivity contribution is 0.0312. The molecule has 5 nitrogen and oxygen atoms in total. The summed E-state index contributed by atoms with van der Waals surface area (Å²) in [6.07, 6.45) is -1.18. The Bertz CT molecular complexity index is 852. The first kappa shape index (κ1) is 18.9. The number of benzene rings is 1. The van der Waals surface area contributed by atoms with E-state index in [4.69, 9.17) is 16.3 Å². The molecule has 25 heavy (non-hydrogen) atoms. The van der Waals surface area contributed by atoms with Crippen molar-refractivity contribution in [3.8, 4) is 0 Å². The average Bonchev–Trinajstić information content (AvgIpc) is 2.80. The number of aryl methyl sites for hydroxylation is 1. The number of rotatable bonds is 5. The molecule has 132 valence electrons. The van der Waals surface area contributed by atoms with Crippen LogP contribution in [0.3, 0.4) is 0 Å². The number of H-pyrrole nitrogens is 1. The number of ether oxygens (including phenoxy) is 1. The second-order valence-electron chi connectivity index (χ2n) is 5.69. The molecule has 1 atom stereocenters. The van der Waals surface area contributed by atoms with E-state index >= 15 is 0 Å². The van der Waals surface area contributed by atoms with Crippen molar-refractivity contribution in [2.24, 2.45) is 0 Å². The molecule has 1 aromatic carbocycles. The molecule has 0 fully saturated rings. The highest BCUT2D eigenvalue weighted by atomic mass is 35.5. The summed E-state index contributed by atoms with van der Waals surface area (Å²) >= 11 is 5.82. The van der Waals surface area contributed by atoms with E-state index in [0.29, 0.717) is 16.8 Å². The minimum absolute atomic E-state index is 0.101. The lowest BCUT2D eigenvalue weighted by atomic mass is 10.0. The molecule has 0 aliphatic heterocycles. The molecule has 0 radical (unpaired) electrons. The standard InChI is InChI=1S/C18H17ClFNO4/c1-8-14(10(3)22)9(2)21-16(8)17(23)11(4)25-18(24)15-12(19)6-5-7-13(15)20/h5-7,11,21H,1-4H3/t11-/m1/s1. The summed E-state index contributed by atoms with van der Waals surface area (Å²) in [6.45, 7) is 6.09. The van der Waals surface area contributed by atoms with Gasteiger partial charge in [0.2, 0.25) is 5.78 Å². The van der Waals surface area contributed by atoms with Crippen LogP contribution < -0.4 is 0 Å². The van der Waals surface area contributed by atoms with Crippen molar-refractivity contribution in [3.05, 3.63) is 57.1 Å². The first-order chi connectivity index (χ1) is 11.6. The van der Waals surface area contributed by atoms with Crippen LogP contribution in [0, 0.1) is 19.7 Å². The molecule has 0 aliphatic carbocycles. The van der Waals surface area contributed by atoms with E-state index in [-0.39, 0.29) is 16.5 Å². The monoisotopic (exact) mass is 365 g/mol. The number of carbonyl (C=O) groups excluding carboxylic acids is 3. The maximum atomic E-state index is 13.8. The van der Waals surface area contributed by atoms with Crippen LogP contribution in [-0.4, -0.2) is 28.6 Å². The highest BCUT2D eigenvalue weighted by molar-refractivity contribution is 6.33. The lowest BCUT2D eigenvalue weighted by Crippen LogP contribution is -2.26. The fourth-order valence-electron chi connectivity index (χ4n) is 2.69. The minimum Gasteiger partial charge on any atom is -0.450 e. The molecular weight excluding hydrogens is 349 g/mol. The molecule has 0 aliphatic rings. The van der Waals surface area contributed by atoms with Gasteiger partial charge >= 0.3 is 5.97 Å². The number of carbonyl (C=O) groups is 3. The van der Waals surface area contributed by atoms with E-state index in [1.54, 1.807) is 13.8 Å². The van der Waals surface area contributed by atoms with E-state index in [1.807, 2.05) is 0 Å². The Labute approximate surface area is 149 Å². The fraction of sp³-hybridized carbons (Fsp3) is 0.278. The summed E-state index contributed by atoms with van der Waals surface area (Å²) in [4.78, 5) is 39.2. The van der Waals surface area contributed by atoms with Crippen LogP contribution in [0.25, 0.3) is 0 Å². The number of aromatic nitrogens is 1. The lowest BCUT2D eigenvalue weighted by Gasteiger charge is -2.13. The summed E-state index contributed by atoms with van der Waals surface area (Å²) in [5.41, 5.74) is 1.24. The summed E-state index contributed by atoms with van der Waals surface area (Å²) in [7, 11) is 0. The molecule has 0 spiro atoms. The van der Waals surface area contributed by atoms with Gasteiger partial charge in [-0.3, -0.25) is 9.59 Å². The summed E-state index contributed by atoms with van der Waals surface area (Å²) in [5, 5.41) is -0.101. The van der Waals surface area contributed by atoms with Crippen LogP contribution in [0.15, 0.2) is 18.2 Å². The topological polar surface area (TPSA) is 76.2 Å². The molecule has 0 amide bonds. The van der Waals surface area contributed by atoms with Crippen molar-refractivity contribution in [2.45, 2.75) is 33.8 Å². The second kappa shape index (κ2) is 7.19. The Hall–Kier alpha value is -2.47. The molecule has 0 saturated carbocycles. The number of hydrogen-bond donors (Lipinski definition) is 1. The molecule has 0 bridgehead atoms. The van der Waals surface area contributed by atoms with Gasteiger partial charge in [0.05, 0.1) is 10.7 Å². The van der Waals surface area contributed by atoms with Gasteiger partial charge in [-0.1, -0.05) is 17.7 Å². The largest absolute Gasteiger partial charge is 0.450 e. The zero-order valence-electron chi connectivity index (χ0n) is 14.2. The summed E-state index contributed by atoms with van der Waals surface area (Å²) < 4.78 is 18.8. The third-order valence-corrected chi connectivity index (χ3v) is 4.17. The number of aromatic amines is 1. The highest BCUT2D eigenvalue weighted by Gasteiger charge is 2.27. The number of halogens is 2. The maximum Gasteiger partial charge on any atom is 0.343 e. The van der Waals surface area contributed by atoms with Gasteiger partial charge in [-0.05, 0) is 45.4 Å². The van der Waals surface area contributed by atoms with Gasteiger partial charge in [0.15, 0.2) is 11.9 Å². The Balaban J connectivity index is 2.26. The van der Waals surface area contributed by atoms with E-state index < -0.39 is 29.2 Å². The predicted molar refractivity (Wildman–Crippen MR) is 90.9 cm³/mol. The van der Waals surface area contributed by atoms with Crippen molar-refractivity contribution in [1.29, 1.82) is 0 Å². The molecule has 1 heterocycles. The number of nitrogens with one attached hydrogen (secondary N) is 1. The number of ketones is 2. The molecule has 7 heteroatoms. The smallest absolute Gasteiger partial charge is 0.343 e. The molecule has 0 saturated heterocycles. The SMILES string of the molecule is CC(=O)c1c(C)[nH]c(C(=O)[C@@H](C)OC(=O)c2c(F)cccc2Cl)c1C. The Kier molecular flexibility index (Phi) is 5.42. The normalized spacial score (nSPS) is 11.9. The van der Waals surface area contributed by atoms with Crippen molar-refractivity contribution < 1.29 is 23.5 Å². The summed E-state index contributed by atoms with van der Waals surface area (Å²) in [6, 6.07) is 3.79. The van der Waals surface area contributed by atoms with Gasteiger partial charge < -0.3 is 9.72 Å². The minimum atomic E-state index is -1.18. The van der Waals surface area contributed by atoms with E-state index in [1.165, 1.54) is 26.0 Å². The van der Waals surface area contributed by atoms with Crippen molar-refractivity contribution in [3.63, 3.8) is 0 Å². The van der Waals surface area contributed by atoms with Crippen LogP contribution in [0.2, 0.25) is 5.02 Å². The highest BCUT2D eigenvalue weighted by Crippen LogP contribution is 2.23. The Morgan fingerprint density at radius 1 is 1.20 bits per heavy atom. The zero-order chi connectivity index (χ0) is 18.9. The third kappa shape index (κ3) is 3.64. The van der Waals surface area contributed by atoms with Crippen LogP contribution >= 0.6 is 11.6 Å². The first-order valence-electron chi connectivity index (χ1n) is 7.54. The van der Waals surface area contributed by atoms with Gasteiger partial charge in [0.25, 0.3) is 0 Å². The number of Topliss-reactive ketones (excluding diaryl/α,β-unsaturated/α-hetero) is 2. The molecule has 2 aromatic rings. The molecular formula is C18H17ClFNO4. The van der Waals surface area contributed by atoms with E-state index in [2.05, 4.69) is 4.98 Å². The van der Waals surface area contributed by atoms with Gasteiger partial charge in [0.1, 0.15) is 11.4 Å².